The second-order valence-corrected chi connectivity index (χ2v) is 5.98. The van der Waals surface area contributed by atoms with Gasteiger partial charge in [-0.25, -0.2) is 0 Å². The molecule has 104 valence electrons. The van der Waals surface area contributed by atoms with Gasteiger partial charge in [-0.1, -0.05) is 29.8 Å². The quantitative estimate of drug-likeness (QED) is 0.841. The van der Waals surface area contributed by atoms with Crippen molar-refractivity contribution in [1.29, 1.82) is 0 Å². The van der Waals surface area contributed by atoms with Crippen LogP contribution in [0.15, 0.2) is 45.7 Å². The summed E-state index contributed by atoms with van der Waals surface area (Å²) in [4.78, 5) is 14.6. The Kier molecular flexibility index (Phi) is 3.66. The minimum atomic E-state index is 0.0367. The van der Waals surface area contributed by atoms with Gasteiger partial charge < -0.3 is 9.32 Å². The van der Waals surface area contributed by atoms with E-state index in [1.807, 2.05) is 11.0 Å². The van der Waals surface area contributed by atoms with Crippen molar-refractivity contribution in [3.63, 3.8) is 0 Å². The maximum atomic E-state index is 12.6. The van der Waals surface area contributed by atoms with Crippen LogP contribution in [0.25, 0.3) is 0 Å². The summed E-state index contributed by atoms with van der Waals surface area (Å²) < 4.78 is 5.69. The summed E-state index contributed by atoms with van der Waals surface area (Å²) in [6.45, 7) is 2.72. The molecule has 1 amide bonds. The Labute approximate surface area is 126 Å². The van der Waals surface area contributed by atoms with E-state index in [1.165, 1.54) is 17.4 Å². The van der Waals surface area contributed by atoms with Crippen LogP contribution >= 0.6 is 15.9 Å². The van der Waals surface area contributed by atoms with Crippen molar-refractivity contribution in [2.45, 2.75) is 32.4 Å². The van der Waals surface area contributed by atoms with E-state index in [-0.39, 0.29) is 5.91 Å². The van der Waals surface area contributed by atoms with Crippen LogP contribution in [0.3, 0.4) is 0 Å². The normalized spacial score (nSPS) is 14.3. The molecule has 1 fully saturated rings. The zero-order valence-corrected chi connectivity index (χ0v) is 12.9. The van der Waals surface area contributed by atoms with E-state index < -0.39 is 0 Å². The molecule has 0 radical (unpaired) electrons. The Morgan fingerprint density at radius 2 is 2.20 bits per heavy atom. The van der Waals surface area contributed by atoms with Crippen LogP contribution in [0, 0.1) is 6.92 Å². The predicted octanol–water partition coefficient (Wildman–Crippen LogP) is 4.16. The van der Waals surface area contributed by atoms with E-state index in [1.54, 1.807) is 6.07 Å². The van der Waals surface area contributed by atoms with Crippen molar-refractivity contribution in [1.82, 2.24) is 4.90 Å². The fraction of sp³-hybridized carbons (Fsp3) is 0.312. The average Bonchev–Trinajstić information content (AvgIpc) is 3.17. The molecule has 0 atom stereocenters. The van der Waals surface area contributed by atoms with Gasteiger partial charge in [0.2, 0.25) is 0 Å². The number of nitrogens with zero attached hydrogens (tertiary/aromatic N) is 1. The highest BCUT2D eigenvalue weighted by molar-refractivity contribution is 9.10. The van der Waals surface area contributed by atoms with Crippen LogP contribution in [0.1, 0.15) is 34.3 Å². The lowest BCUT2D eigenvalue weighted by Gasteiger charge is -2.22. The van der Waals surface area contributed by atoms with Crippen molar-refractivity contribution in [2.75, 3.05) is 0 Å². The van der Waals surface area contributed by atoms with E-state index in [2.05, 4.69) is 41.1 Å². The SMILES string of the molecule is Cc1cccc(CN(C(=O)c2ccoc2Br)C2CC2)c1. The second kappa shape index (κ2) is 5.44. The molecule has 1 aliphatic carbocycles. The maximum absolute atomic E-state index is 12.6. The van der Waals surface area contributed by atoms with Crippen LogP contribution in [0.2, 0.25) is 0 Å². The number of carbonyl (C=O) groups excluding carboxylic acids is 1. The van der Waals surface area contributed by atoms with Crippen LogP contribution in [-0.4, -0.2) is 16.8 Å². The third kappa shape index (κ3) is 2.80. The summed E-state index contributed by atoms with van der Waals surface area (Å²) in [5, 5.41) is 0. The minimum Gasteiger partial charge on any atom is -0.457 e. The van der Waals surface area contributed by atoms with Gasteiger partial charge >= 0.3 is 0 Å². The lowest BCUT2D eigenvalue weighted by atomic mass is 10.1. The van der Waals surface area contributed by atoms with Gasteiger partial charge in [-0.15, -0.1) is 0 Å². The average molecular weight is 334 g/mol. The first-order valence-corrected chi connectivity index (χ1v) is 7.54. The fourth-order valence-electron chi connectivity index (χ4n) is 2.36. The zero-order chi connectivity index (χ0) is 14.1. The Bertz CT molecular complexity index is 631. The molecule has 3 rings (SSSR count). The Morgan fingerprint density at radius 3 is 2.80 bits per heavy atom. The van der Waals surface area contributed by atoms with E-state index in [4.69, 9.17) is 4.42 Å². The summed E-state index contributed by atoms with van der Waals surface area (Å²) >= 11 is 3.29. The summed E-state index contributed by atoms with van der Waals surface area (Å²) in [6, 6.07) is 10.4. The number of amides is 1. The molecule has 0 spiro atoms. The molecule has 1 saturated carbocycles. The van der Waals surface area contributed by atoms with Gasteiger partial charge in [0.05, 0.1) is 11.8 Å². The lowest BCUT2D eigenvalue weighted by molar-refractivity contribution is 0.0728. The van der Waals surface area contributed by atoms with Gasteiger partial charge in [0.25, 0.3) is 5.91 Å². The highest BCUT2D eigenvalue weighted by Crippen LogP contribution is 2.31. The topological polar surface area (TPSA) is 33.5 Å². The lowest BCUT2D eigenvalue weighted by Crippen LogP contribution is -2.32. The number of rotatable bonds is 4. The number of hydrogen-bond donors (Lipinski definition) is 0. The Morgan fingerprint density at radius 1 is 1.40 bits per heavy atom. The van der Waals surface area contributed by atoms with Crippen LogP contribution in [0.4, 0.5) is 0 Å². The molecule has 1 aromatic heterocycles. The molecule has 0 unspecified atom stereocenters. The number of hydrogen-bond acceptors (Lipinski definition) is 2. The zero-order valence-electron chi connectivity index (χ0n) is 11.3. The van der Waals surface area contributed by atoms with Crippen molar-refractivity contribution < 1.29 is 9.21 Å². The monoisotopic (exact) mass is 333 g/mol. The van der Waals surface area contributed by atoms with Gasteiger partial charge in [-0.3, -0.25) is 4.79 Å². The summed E-state index contributed by atoms with van der Waals surface area (Å²) in [7, 11) is 0. The highest BCUT2D eigenvalue weighted by atomic mass is 79.9. The second-order valence-electron chi connectivity index (χ2n) is 5.26. The van der Waals surface area contributed by atoms with E-state index in [9.17, 15) is 4.79 Å². The molecule has 0 saturated heterocycles. The standard InChI is InChI=1S/C16H16BrNO2/c1-11-3-2-4-12(9-11)10-18(13-5-6-13)16(19)14-7-8-20-15(14)17/h2-4,7-9,13H,5-6,10H2,1H3. The number of aryl methyl sites for hydroxylation is 1. The van der Waals surface area contributed by atoms with Crippen LogP contribution in [0.5, 0.6) is 0 Å². The minimum absolute atomic E-state index is 0.0367. The molecule has 1 aromatic carbocycles. The largest absolute Gasteiger partial charge is 0.457 e. The number of carbonyl (C=O) groups is 1. The third-order valence-corrected chi connectivity index (χ3v) is 4.15. The van der Waals surface area contributed by atoms with Gasteiger partial charge in [0, 0.05) is 12.6 Å². The Hall–Kier alpha value is -1.55. The smallest absolute Gasteiger partial charge is 0.258 e. The van der Waals surface area contributed by atoms with Crippen LogP contribution in [-0.2, 0) is 6.54 Å². The van der Waals surface area contributed by atoms with Crippen LogP contribution < -0.4 is 0 Å². The van der Waals surface area contributed by atoms with Gasteiger partial charge in [-0.2, -0.15) is 0 Å². The van der Waals surface area contributed by atoms with Gasteiger partial charge in [0.1, 0.15) is 0 Å². The van der Waals surface area contributed by atoms with E-state index in [0.29, 0.717) is 22.8 Å². The first-order chi connectivity index (χ1) is 9.65. The first kappa shape index (κ1) is 13.4. The molecule has 20 heavy (non-hydrogen) atoms. The molecule has 1 aliphatic rings. The highest BCUT2D eigenvalue weighted by Gasteiger charge is 2.34. The van der Waals surface area contributed by atoms with E-state index >= 15 is 0 Å². The van der Waals surface area contributed by atoms with Gasteiger partial charge in [-0.05, 0) is 47.3 Å². The third-order valence-electron chi connectivity index (χ3n) is 3.53. The van der Waals surface area contributed by atoms with Crippen molar-refractivity contribution in [2.24, 2.45) is 0 Å². The summed E-state index contributed by atoms with van der Waals surface area (Å²) in [5.41, 5.74) is 2.99. The number of halogens is 1. The predicted molar refractivity (Wildman–Crippen MR) is 80.5 cm³/mol. The molecular weight excluding hydrogens is 318 g/mol. The summed E-state index contributed by atoms with van der Waals surface area (Å²) in [6.07, 6.45) is 3.72. The molecule has 4 heteroatoms. The van der Waals surface area contributed by atoms with E-state index in [0.717, 1.165) is 12.8 Å². The number of benzene rings is 1. The molecule has 2 aromatic rings. The molecule has 3 nitrogen and oxygen atoms in total. The van der Waals surface area contributed by atoms with Crippen molar-refractivity contribution >= 4 is 21.8 Å². The molecule has 0 bridgehead atoms. The molecule has 1 heterocycles. The molecular formula is C16H16BrNO2. The molecule has 0 N–H and O–H groups in total. The Balaban J connectivity index is 1.83. The fourth-order valence-corrected chi connectivity index (χ4v) is 2.77. The van der Waals surface area contributed by atoms with Crippen molar-refractivity contribution in [3.05, 3.63) is 58.0 Å². The van der Waals surface area contributed by atoms with Crippen molar-refractivity contribution in [3.8, 4) is 0 Å². The number of furan rings is 1. The molecule has 0 aliphatic heterocycles. The first-order valence-electron chi connectivity index (χ1n) is 6.74. The van der Waals surface area contributed by atoms with Gasteiger partial charge in [0.15, 0.2) is 4.67 Å². The summed E-state index contributed by atoms with van der Waals surface area (Å²) in [5.74, 6) is 0.0367. The maximum Gasteiger partial charge on any atom is 0.258 e.